The highest BCUT2D eigenvalue weighted by atomic mass is 28.4. The van der Waals surface area contributed by atoms with E-state index in [1.807, 2.05) is 0 Å². The Morgan fingerprint density at radius 1 is 1.30 bits per heavy atom. The Hall–Kier alpha value is -1.34. The summed E-state index contributed by atoms with van der Waals surface area (Å²) >= 11 is 0. The molecule has 0 radical (unpaired) electrons. The topological polar surface area (TPSA) is 76.4 Å². The van der Waals surface area contributed by atoms with Gasteiger partial charge >= 0.3 is 6.09 Å². The van der Waals surface area contributed by atoms with Gasteiger partial charge < -0.3 is 9.53 Å². The summed E-state index contributed by atoms with van der Waals surface area (Å²) in [4.78, 5) is 11.0. The molecule has 23 heavy (non-hydrogen) atoms. The zero-order chi connectivity index (χ0) is 18.1. The fourth-order valence-electron chi connectivity index (χ4n) is 1.77. The van der Waals surface area contributed by atoms with Crippen molar-refractivity contribution < 1.29 is 14.3 Å². The van der Waals surface area contributed by atoms with Crippen LogP contribution in [-0.4, -0.2) is 35.9 Å². The molecular formula is C16H31N3O3Si. The van der Waals surface area contributed by atoms with Gasteiger partial charge in [-0.15, -0.1) is 0 Å². The van der Waals surface area contributed by atoms with Crippen molar-refractivity contribution in [2.45, 2.75) is 71.6 Å². The van der Waals surface area contributed by atoms with Crippen molar-refractivity contribution in [2.24, 2.45) is 0 Å². The van der Waals surface area contributed by atoms with E-state index in [1.54, 1.807) is 10.7 Å². The van der Waals surface area contributed by atoms with Crippen molar-refractivity contribution in [3.8, 4) is 0 Å². The normalized spacial score (nSPS) is 13.2. The number of rotatable bonds is 5. The second-order valence-corrected chi connectivity index (χ2v) is 13.2. The maximum atomic E-state index is 11.0. The minimum atomic E-state index is -1.82. The average molecular weight is 342 g/mol. The van der Waals surface area contributed by atoms with Crippen LogP contribution in [0.2, 0.25) is 18.1 Å². The third-order valence-electron chi connectivity index (χ3n) is 4.36. The first-order chi connectivity index (χ1) is 10.2. The van der Waals surface area contributed by atoms with E-state index in [-0.39, 0.29) is 10.5 Å². The lowest BCUT2D eigenvalue weighted by molar-refractivity contribution is 0.209. The van der Waals surface area contributed by atoms with E-state index in [0.29, 0.717) is 19.0 Å². The van der Waals surface area contributed by atoms with E-state index in [9.17, 15) is 4.79 Å². The van der Waals surface area contributed by atoms with E-state index in [1.165, 1.54) is 0 Å². The Morgan fingerprint density at radius 2 is 1.87 bits per heavy atom. The first-order valence-electron chi connectivity index (χ1n) is 7.96. The van der Waals surface area contributed by atoms with Gasteiger partial charge in [-0.25, -0.2) is 9.48 Å². The molecule has 6 nitrogen and oxygen atoms in total. The highest BCUT2D eigenvalue weighted by molar-refractivity contribution is 6.74. The highest BCUT2D eigenvalue weighted by Gasteiger charge is 2.37. The fourth-order valence-corrected chi connectivity index (χ4v) is 2.80. The summed E-state index contributed by atoms with van der Waals surface area (Å²) in [6.45, 7) is 18.2. The molecule has 0 spiro atoms. The average Bonchev–Trinajstić information content (AvgIpc) is 2.69. The molecule has 1 aromatic heterocycles. The Labute approximate surface area is 140 Å². The first-order valence-corrected chi connectivity index (χ1v) is 10.9. The van der Waals surface area contributed by atoms with E-state index >= 15 is 0 Å². The van der Waals surface area contributed by atoms with Crippen LogP contribution < -0.4 is 5.32 Å². The van der Waals surface area contributed by atoms with Crippen molar-refractivity contribution in [1.82, 2.24) is 9.78 Å². The number of nitrogens with one attached hydrogen (secondary N) is 1. The molecule has 0 unspecified atom stereocenters. The molecular weight excluding hydrogens is 310 g/mol. The molecule has 132 valence electrons. The molecule has 0 aliphatic heterocycles. The van der Waals surface area contributed by atoms with Crippen LogP contribution in [0.1, 0.15) is 47.2 Å². The number of carbonyl (C=O) groups is 1. The van der Waals surface area contributed by atoms with Crippen LogP contribution in [0.15, 0.2) is 6.07 Å². The Balaban J connectivity index is 2.87. The van der Waals surface area contributed by atoms with Gasteiger partial charge in [0.15, 0.2) is 8.32 Å². The molecule has 0 saturated carbocycles. The third-order valence-corrected chi connectivity index (χ3v) is 8.89. The van der Waals surface area contributed by atoms with Gasteiger partial charge in [0, 0.05) is 11.5 Å². The molecule has 2 N–H and O–H groups in total. The van der Waals surface area contributed by atoms with E-state index in [0.717, 1.165) is 5.69 Å². The van der Waals surface area contributed by atoms with E-state index in [2.05, 4.69) is 65.1 Å². The molecule has 0 fully saturated rings. The number of aromatic nitrogens is 2. The second kappa shape index (κ2) is 6.65. The maximum Gasteiger partial charge on any atom is 0.410 e. The van der Waals surface area contributed by atoms with Gasteiger partial charge in [0.05, 0.1) is 18.8 Å². The number of carboxylic acid groups (broad SMARTS) is 1. The van der Waals surface area contributed by atoms with Crippen molar-refractivity contribution in [3.63, 3.8) is 0 Å². The minimum absolute atomic E-state index is 0.138. The van der Waals surface area contributed by atoms with Crippen LogP contribution in [0, 0.1) is 0 Å². The number of anilines is 1. The summed E-state index contributed by atoms with van der Waals surface area (Å²) in [5.74, 6) is 0.487. The standard InChI is InChI=1S/C16H31N3O3Si/c1-15(2,3)12-11-13(17-14(20)21)19(18-12)9-10-22-23(7,8)16(4,5)6/h11,17H,9-10H2,1-8H3,(H,20,21). The summed E-state index contributed by atoms with van der Waals surface area (Å²) in [7, 11) is -1.82. The van der Waals surface area contributed by atoms with Crippen LogP contribution in [-0.2, 0) is 16.4 Å². The van der Waals surface area contributed by atoms with Gasteiger partial charge in [0.2, 0.25) is 0 Å². The monoisotopic (exact) mass is 341 g/mol. The van der Waals surface area contributed by atoms with Crippen LogP contribution in [0.4, 0.5) is 10.6 Å². The van der Waals surface area contributed by atoms with Crippen LogP contribution in [0.25, 0.3) is 0 Å². The number of hydrogen-bond donors (Lipinski definition) is 2. The Kier molecular flexibility index (Phi) is 5.69. The van der Waals surface area contributed by atoms with Gasteiger partial charge in [-0.3, -0.25) is 5.32 Å². The molecule has 7 heteroatoms. The number of amides is 1. The second-order valence-electron chi connectivity index (χ2n) is 8.43. The Bertz CT molecular complexity index is 554. The van der Waals surface area contributed by atoms with Crippen molar-refractivity contribution in [1.29, 1.82) is 0 Å². The maximum absolute atomic E-state index is 11.0. The summed E-state index contributed by atoms with van der Waals surface area (Å²) in [6, 6.07) is 1.79. The molecule has 0 atom stereocenters. The van der Waals surface area contributed by atoms with Crippen molar-refractivity contribution in [3.05, 3.63) is 11.8 Å². The molecule has 0 bridgehead atoms. The molecule has 1 rings (SSSR count). The minimum Gasteiger partial charge on any atom is -0.465 e. The van der Waals surface area contributed by atoms with Crippen LogP contribution >= 0.6 is 0 Å². The molecule has 0 saturated heterocycles. The predicted molar refractivity (Wildman–Crippen MR) is 95.7 cm³/mol. The molecule has 0 aliphatic carbocycles. The lowest BCUT2D eigenvalue weighted by Gasteiger charge is -2.36. The van der Waals surface area contributed by atoms with Gasteiger partial charge in [-0.2, -0.15) is 5.10 Å². The first kappa shape index (κ1) is 19.7. The zero-order valence-corrected chi connectivity index (χ0v) is 16.6. The van der Waals surface area contributed by atoms with Crippen LogP contribution in [0.5, 0.6) is 0 Å². The van der Waals surface area contributed by atoms with E-state index in [4.69, 9.17) is 9.53 Å². The largest absolute Gasteiger partial charge is 0.465 e. The Morgan fingerprint density at radius 3 is 2.30 bits per heavy atom. The van der Waals surface area contributed by atoms with Gasteiger partial charge in [0.1, 0.15) is 5.82 Å². The van der Waals surface area contributed by atoms with Crippen molar-refractivity contribution in [2.75, 3.05) is 11.9 Å². The molecule has 1 amide bonds. The lowest BCUT2D eigenvalue weighted by Crippen LogP contribution is -2.41. The van der Waals surface area contributed by atoms with Gasteiger partial charge in [0.25, 0.3) is 0 Å². The molecule has 1 aromatic rings. The third kappa shape index (κ3) is 5.35. The summed E-state index contributed by atoms with van der Waals surface area (Å²) in [5.41, 5.74) is 0.717. The van der Waals surface area contributed by atoms with Crippen molar-refractivity contribution >= 4 is 20.2 Å². The van der Waals surface area contributed by atoms with Gasteiger partial charge in [-0.1, -0.05) is 41.5 Å². The number of nitrogens with zero attached hydrogens (tertiary/aromatic N) is 2. The molecule has 0 aromatic carbocycles. The molecule has 1 heterocycles. The number of hydrogen-bond acceptors (Lipinski definition) is 3. The fraction of sp³-hybridized carbons (Fsp3) is 0.750. The molecule has 0 aliphatic rings. The smallest absolute Gasteiger partial charge is 0.410 e. The predicted octanol–water partition coefficient (Wildman–Crippen LogP) is 4.29. The lowest BCUT2D eigenvalue weighted by atomic mass is 9.92. The summed E-state index contributed by atoms with van der Waals surface area (Å²) in [6.07, 6.45) is -1.09. The quantitative estimate of drug-likeness (QED) is 0.783. The zero-order valence-electron chi connectivity index (χ0n) is 15.6. The van der Waals surface area contributed by atoms with Gasteiger partial charge in [-0.05, 0) is 18.1 Å². The SMILES string of the molecule is CC(C)(C)c1cc(NC(=O)O)n(CCO[Si](C)(C)C(C)(C)C)n1. The van der Waals surface area contributed by atoms with Crippen LogP contribution in [0.3, 0.4) is 0 Å². The van der Waals surface area contributed by atoms with E-state index < -0.39 is 14.4 Å². The summed E-state index contributed by atoms with van der Waals surface area (Å²) in [5, 5.41) is 16.1. The summed E-state index contributed by atoms with van der Waals surface area (Å²) < 4.78 is 7.84. The highest BCUT2D eigenvalue weighted by Crippen LogP contribution is 2.36.